The summed E-state index contributed by atoms with van der Waals surface area (Å²) < 4.78 is 39.6. The summed E-state index contributed by atoms with van der Waals surface area (Å²) in [5.41, 5.74) is 1.97. The van der Waals surface area contributed by atoms with Crippen molar-refractivity contribution in [3.05, 3.63) is 83.7 Å². The number of nitrogens with one attached hydrogen (secondary N) is 1. The third kappa shape index (κ3) is 6.83. The van der Waals surface area contributed by atoms with E-state index in [1.54, 1.807) is 42.5 Å². The molecule has 1 fully saturated rings. The van der Waals surface area contributed by atoms with E-state index in [2.05, 4.69) is 22.1 Å². The number of pyridine rings is 1. The minimum absolute atomic E-state index is 0.0474. The lowest BCUT2D eigenvalue weighted by atomic mass is 10.1. The molecule has 1 amide bonds. The van der Waals surface area contributed by atoms with Crippen molar-refractivity contribution < 1.29 is 23.0 Å². The molecule has 1 aliphatic rings. The average Bonchev–Trinajstić information content (AvgIpc) is 2.85. The second kappa shape index (κ2) is 11.9. The summed E-state index contributed by atoms with van der Waals surface area (Å²) >= 11 is 0. The number of carbonyl (C=O) groups excluding carboxylic acids is 1. The Morgan fingerprint density at radius 1 is 1.17 bits per heavy atom. The van der Waals surface area contributed by atoms with Gasteiger partial charge >= 0.3 is 0 Å². The van der Waals surface area contributed by atoms with E-state index in [-0.39, 0.29) is 24.7 Å². The van der Waals surface area contributed by atoms with Gasteiger partial charge in [-0.05, 0) is 31.2 Å². The summed E-state index contributed by atoms with van der Waals surface area (Å²) in [5, 5.41) is 2.69. The summed E-state index contributed by atoms with van der Waals surface area (Å²) in [7, 11) is 0. The van der Waals surface area contributed by atoms with E-state index in [1.165, 1.54) is 18.3 Å². The standard InChI is InChI=1S/C27H29F2N3O3/c1-19-18-34-12-10-32(19)11-13-35-23-8-9-24(26(29)15-23)20-6-7-22(30-16-20)14-27(33)31-17-21-4-2-3-5-25(21)28/h2-9,15-16,19H,10-14,17-18H2,1H3,(H,31,33)/t19-/m0/s1. The van der Waals surface area contributed by atoms with Gasteiger partial charge in [0, 0.05) is 60.3 Å². The van der Waals surface area contributed by atoms with Crippen LogP contribution >= 0.6 is 0 Å². The summed E-state index contributed by atoms with van der Waals surface area (Å²) in [5.74, 6) is -0.559. The predicted molar refractivity (Wildman–Crippen MR) is 129 cm³/mol. The smallest absolute Gasteiger partial charge is 0.226 e. The van der Waals surface area contributed by atoms with Gasteiger partial charge in [-0.3, -0.25) is 14.7 Å². The van der Waals surface area contributed by atoms with E-state index >= 15 is 0 Å². The number of rotatable bonds is 9. The fourth-order valence-corrected chi connectivity index (χ4v) is 3.95. The highest BCUT2D eigenvalue weighted by molar-refractivity contribution is 5.78. The molecule has 0 saturated carbocycles. The Balaban J connectivity index is 1.28. The lowest BCUT2D eigenvalue weighted by molar-refractivity contribution is -0.120. The maximum absolute atomic E-state index is 14.8. The van der Waals surface area contributed by atoms with Crippen LogP contribution < -0.4 is 10.1 Å². The monoisotopic (exact) mass is 481 g/mol. The number of aromatic nitrogens is 1. The fraction of sp³-hybridized carbons (Fsp3) is 0.333. The van der Waals surface area contributed by atoms with E-state index in [4.69, 9.17) is 9.47 Å². The van der Waals surface area contributed by atoms with Gasteiger partial charge in [0.15, 0.2) is 0 Å². The molecule has 6 nitrogen and oxygen atoms in total. The van der Waals surface area contributed by atoms with Gasteiger partial charge in [-0.2, -0.15) is 0 Å². The Morgan fingerprint density at radius 3 is 2.77 bits per heavy atom. The largest absolute Gasteiger partial charge is 0.492 e. The maximum atomic E-state index is 14.8. The number of nitrogens with zero attached hydrogens (tertiary/aromatic N) is 2. The predicted octanol–water partition coefficient (Wildman–Crippen LogP) is 3.99. The zero-order valence-electron chi connectivity index (χ0n) is 19.7. The van der Waals surface area contributed by atoms with Crippen molar-refractivity contribution in [1.29, 1.82) is 0 Å². The number of benzene rings is 2. The van der Waals surface area contributed by atoms with Crippen LogP contribution in [0.5, 0.6) is 5.75 Å². The normalized spacial score (nSPS) is 16.1. The van der Waals surface area contributed by atoms with Gasteiger partial charge in [0.25, 0.3) is 0 Å². The van der Waals surface area contributed by atoms with Crippen LogP contribution in [0, 0.1) is 11.6 Å². The highest BCUT2D eigenvalue weighted by atomic mass is 19.1. The van der Waals surface area contributed by atoms with Gasteiger partial charge in [0.05, 0.1) is 19.6 Å². The molecule has 0 unspecified atom stereocenters. The highest BCUT2D eigenvalue weighted by Crippen LogP contribution is 2.26. The first-order valence-corrected chi connectivity index (χ1v) is 11.7. The molecule has 1 saturated heterocycles. The number of hydrogen-bond donors (Lipinski definition) is 1. The van der Waals surface area contributed by atoms with Gasteiger partial charge in [0.2, 0.25) is 5.91 Å². The van der Waals surface area contributed by atoms with Crippen LogP contribution in [0.3, 0.4) is 0 Å². The maximum Gasteiger partial charge on any atom is 0.226 e. The molecule has 2 aromatic carbocycles. The van der Waals surface area contributed by atoms with Crippen LogP contribution in [0.25, 0.3) is 11.1 Å². The lowest BCUT2D eigenvalue weighted by Gasteiger charge is -2.32. The molecule has 3 aromatic rings. The van der Waals surface area contributed by atoms with Crippen molar-refractivity contribution >= 4 is 5.91 Å². The van der Waals surface area contributed by atoms with Crippen molar-refractivity contribution in [3.8, 4) is 16.9 Å². The summed E-state index contributed by atoms with van der Waals surface area (Å²) in [4.78, 5) is 18.8. The Hall–Kier alpha value is -3.36. The molecule has 8 heteroatoms. The molecule has 1 N–H and O–H groups in total. The lowest BCUT2D eigenvalue weighted by Crippen LogP contribution is -2.45. The van der Waals surface area contributed by atoms with Crippen molar-refractivity contribution in [2.75, 3.05) is 32.9 Å². The van der Waals surface area contributed by atoms with Crippen LogP contribution in [-0.4, -0.2) is 54.7 Å². The molecule has 2 heterocycles. The Morgan fingerprint density at radius 2 is 2.03 bits per heavy atom. The van der Waals surface area contributed by atoms with Crippen LogP contribution in [0.4, 0.5) is 8.78 Å². The van der Waals surface area contributed by atoms with Gasteiger partial charge < -0.3 is 14.8 Å². The third-order valence-electron chi connectivity index (χ3n) is 6.00. The summed E-state index contributed by atoms with van der Waals surface area (Å²) in [6, 6.07) is 14.8. The van der Waals surface area contributed by atoms with Crippen molar-refractivity contribution in [1.82, 2.24) is 15.2 Å². The zero-order valence-corrected chi connectivity index (χ0v) is 19.7. The summed E-state index contributed by atoms with van der Waals surface area (Å²) in [6.45, 7) is 5.76. The topological polar surface area (TPSA) is 63.7 Å². The average molecular weight is 482 g/mol. The molecule has 0 aliphatic carbocycles. The number of amides is 1. The number of ether oxygens (including phenoxy) is 2. The molecule has 0 spiro atoms. The Labute approximate surface area is 203 Å². The second-order valence-electron chi connectivity index (χ2n) is 8.53. The van der Waals surface area contributed by atoms with Gasteiger partial charge in [-0.25, -0.2) is 8.78 Å². The van der Waals surface area contributed by atoms with E-state index in [0.29, 0.717) is 47.4 Å². The number of halogens is 2. The Bertz CT molecular complexity index is 1140. The quantitative estimate of drug-likeness (QED) is 0.501. The minimum atomic E-state index is -0.403. The molecular formula is C27H29F2N3O3. The molecule has 1 aromatic heterocycles. The van der Waals surface area contributed by atoms with E-state index < -0.39 is 5.82 Å². The van der Waals surface area contributed by atoms with Crippen molar-refractivity contribution in [2.24, 2.45) is 0 Å². The number of morpholine rings is 1. The number of hydrogen-bond acceptors (Lipinski definition) is 5. The van der Waals surface area contributed by atoms with Crippen LogP contribution in [0.2, 0.25) is 0 Å². The molecule has 4 rings (SSSR count). The van der Waals surface area contributed by atoms with Crippen LogP contribution in [-0.2, 0) is 22.5 Å². The summed E-state index contributed by atoms with van der Waals surface area (Å²) in [6.07, 6.45) is 1.59. The minimum Gasteiger partial charge on any atom is -0.492 e. The number of carbonyl (C=O) groups is 1. The van der Waals surface area contributed by atoms with Crippen molar-refractivity contribution in [3.63, 3.8) is 0 Å². The zero-order chi connectivity index (χ0) is 24.6. The van der Waals surface area contributed by atoms with Gasteiger partial charge in [0.1, 0.15) is 24.0 Å². The van der Waals surface area contributed by atoms with Crippen LogP contribution in [0.15, 0.2) is 60.8 Å². The Kier molecular flexibility index (Phi) is 8.39. The first kappa shape index (κ1) is 24.8. The van der Waals surface area contributed by atoms with E-state index in [1.807, 2.05) is 0 Å². The van der Waals surface area contributed by atoms with Gasteiger partial charge in [-0.1, -0.05) is 24.3 Å². The molecule has 0 radical (unpaired) electrons. The van der Waals surface area contributed by atoms with Crippen molar-refractivity contribution in [2.45, 2.75) is 25.9 Å². The van der Waals surface area contributed by atoms with Crippen LogP contribution in [0.1, 0.15) is 18.2 Å². The molecule has 1 atom stereocenters. The third-order valence-corrected chi connectivity index (χ3v) is 6.00. The molecule has 1 aliphatic heterocycles. The molecule has 35 heavy (non-hydrogen) atoms. The second-order valence-corrected chi connectivity index (χ2v) is 8.53. The molecular weight excluding hydrogens is 452 g/mol. The molecule has 184 valence electrons. The first-order chi connectivity index (χ1) is 17.0. The fourth-order valence-electron chi connectivity index (χ4n) is 3.95. The van der Waals surface area contributed by atoms with Gasteiger partial charge in [-0.15, -0.1) is 0 Å². The van der Waals surface area contributed by atoms with E-state index in [9.17, 15) is 13.6 Å². The van der Waals surface area contributed by atoms with E-state index in [0.717, 1.165) is 19.7 Å². The first-order valence-electron chi connectivity index (χ1n) is 11.7. The SMILES string of the molecule is C[C@H]1COCCN1CCOc1ccc(-c2ccc(CC(=O)NCc3ccccc3F)nc2)c(F)c1. The molecule has 0 bridgehead atoms. The highest BCUT2D eigenvalue weighted by Gasteiger charge is 2.18.